The Morgan fingerprint density at radius 2 is 1.89 bits per heavy atom. The third-order valence-corrected chi connectivity index (χ3v) is 6.44. The maximum absolute atomic E-state index is 6.07. The van der Waals surface area contributed by atoms with Crippen molar-refractivity contribution in [2.24, 2.45) is 11.1 Å². The van der Waals surface area contributed by atoms with E-state index in [1.807, 2.05) is 32.1 Å². The number of nitrogens with two attached hydrogens (primary N) is 1. The number of hydrogen-bond acceptors (Lipinski definition) is 4. The van der Waals surface area contributed by atoms with Crippen LogP contribution in [0, 0.1) is 5.41 Å². The van der Waals surface area contributed by atoms with Crippen molar-refractivity contribution in [3.63, 3.8) is 0 Å². The molecule has 0 saturated heterocycles. The monoisotopic (exact) mass is 469 g/mol. The molecular formula is C31H39N3O. The lowest BCUT2D eigenvalue weighted by Gasteiger charge is -2.47. The number of rotatable bonds is 7. The van der Waals surface area contributed by atoms with Crippen molar-refractivity contribution < 1.29 is 4.74 Å². The summed E-state index contributed by atoms with van der Waals surface area (Å²) < 4.78 is 5.86. The maximum Gasteiger partial charge on any atom is 0.127 e. The molecule has 3 rings (SSSR count). The molecule has 0 aliphatic carbocycles. The molecule has 2 heterocycles. The summed E-state index contributed by atoms with van der Waals surface area (Å²) in [5, 5.41) is 3.02. The number of ether oxygens (including phenoxy) is 1. The summed E-state index contributed by atoms with van der Waals surface area (Å²) in [6.07, 6.45) is 10.9. The minimum Gasteiger partial charge on any atom is -0.496 e. The summed E-state index contributed by atoms with van der Waals surface area (Å²) in [7, 11) is 1.70. The average molecular weight is 470 g/mol. The van der Waals surface area contributed by atoms with Gasteiger partial charge in [0.2, 0.25) is 0 Å². The highest BCUT2D eigenvalue weighted by atomic mass is 16.5. The summed E-state index contributed by atoms with van der Waals surface area (Å²) in [5.41, 5.74) is 15.5. The molecule has 0 amide bonds. The second-order valence-corrected chi connectivity index (χ2v) is 10.4. The van der Waals surface area contributed by atoms with Crippen molar-refractivity contribution in [2.45, 2.75) is 47.1 Å². The molecule has 35 heavy (non-hydrogen) atoms. The molecule has 4 heteroatoms. The minimum absolute atomic E-state index is 0.0503. The zero-order valence-corrected chi connectivity index (χ0v) is 22.1. The van der Waals surface area contributed by atoms with Crippen molar-refractivity contribution in [1.82, 2.24) is 10.2 Å². The number of nitrogens with zero attached hydrogens (tertiary/aromatic N) is 1. The van der Waals surface area contributed by atoms with Crippen LogP contribution in [0.3, 0.4) is 0 Å². The predicted molar refractivity (Wildman–Crippen MR) is 150 cm³/mol. The summed E-state index contributed by atoms with van der Waals surface area (Å²) >= 11 is 0. The standard InChI is InChI=1S/C31H39N3O/c1-11-22(12-13-30(32)33-20(4)5)25-15-23-16-29(31(7,8)9)34-18-26(19(2)3)21(6)14-27(34)24(23)17-28(25)35-10/h11-15,17-18,29,33H,1-2,4,6,16,32H2,3,5,7-10H3/b22-12+,30-13+. The van der Waals surface area contributed by atoms with Gasteiger partial charge in [-0.15, -0.1) is 0 Å². The molecule has 2 aliphatic rings. The van der Waals surface area contributed by atoms with Gasteiger partial charge < -0.3 is 20.7 Å². The molecule has 0 aromatic heterocycles. The number of benzene rings is 1. The summed E-state index contributed by atoms with van der Waals surface area (Å²) in [5.74, 6) is 1.30. The van der Waals surface area contributed by atoms with E-state index < -0.39 is 0 Å². The Kier molecular flexibility index (Phi) is 7.35. The zero-order valence-electron chi connectivity index (χ0n) is 22.1. The minimum atomic E-state index is 0.0503. The largest absolute Gasteiger partial charge is 0.496 e. The quantitative estimate of drug-likeness (QED) is 0.430. The molecule has 2 aliphatic heterocycles. The molecule has 0 bridgehead atoms. The van der Waals surface area contributed by atoms with Crippen molar-refractivity contribution in [3.8, 4) is 5.75 Å². The van der Waals surface area contributed by atoms with Gasteiger partial charge in [-0.1, -0.05) is 59.2 Å². The highest BCUT2D eigenvalue weighted by molar-refractivity contribution is 5.84. The number of methoxy groups -OCH3 is 1. The molecule has 1 aromatic carbocycles. The first kappa shape index (κ1) is 26.0. The Morgan fingerprint density at radius 1 is 1.20 bits per heavy atom. The lowest BCUT2D eigenvalue weighted by atomic mass is 9.76. The van der Waals surface area contributed by atoms with E-state index in [4.69, 9.17) is 10.5 Å². The Balaban J connectivity index is 2.18. The number of hydrogen-bond donors (Lipinski definition) is 2. The van der Waals surface area contributed by atoms with Crippen LogP contribution in [0.5, 0.6) is 5.75 Å². The average Bonchev–Trinajstić information content (AvgIpc) is 2.76. The summed E-state index contributed by atoms with van der Waals surface area (Å²) in [6, 6.07) is 4.64. The van der Waals surface area contributed by atoms with E-state index in [-0.39, 0.29) is 11.5 Å². The third-order valence-electron chi connectivity index (χ3n) is 6.44. The number of allylic oxidation sites excluding steroid dienone is 9. The van der Waals surface area contributed by atoms with Crippen LogP contribution in [-0.4, -0.2) is 18.1 Å². The molecule has 184 valence electrons. The number of nitrogens with one attached hydrogen (secondary N) is 1. The molecule has 0 saturated carbocycles. The molecule has 3 N–H and O–H groups in total. The smallest absolute Gasteiger partial charge is 0.127 e. The fourth-order valence-electron chi connectivity index (χ4n) is 4.66. The van der Waals surface area contributed by atoms with Gasteiger partial charge in [0.05, 0.1) is 7.11 Å². The van der Waals surface area contributed by atoms with Crippen molar-refractivity contribution in [2.75, 3.05) is 7.11 Å². The van der Waals surface area contributed by atoms with Crippen LogP contribution in [0.4, 0.5) is 0 Å². The first-order valence-corrected chi connectivity index (χ1v) is 11.9. The van der Waals surface area contributed by atoms with E-state index in [2.05, 4.69) is 81.7 Å². The van der Waals surface area contributed by atoms with E-state index in [0.717, 1.165) is 57.0 Å². The maximum atomic E-state index is 6.07. The van der Waals surface area contributed by atoms with Crippen LogP contribution < -0.4 is 15.8 Å². The second-order valence-electron chi connectivity index (χ2n) is 10.4. The van der Waals surface area contributed by atoms with E-state index in [1.54, 1.807) is 7.11 Å². The van der Waals surface area contributed by atoms with E-state index in [9.17, 15) is 0 Å². The zero-order chi connectivity index (χ0) is 26.1. The Labute approximate surface area is 211 Å². The van der Waals surface area contributed by atoms with Crippen LogP contribution in [0.1, 0.15) is 51.3 Å². The Morgan fingerprint density at radius 3 is 2.43 bits per heavy atom. The van der Waals surface area contributed by atoms with Crippen molar-refractivity contribution in [3.05, 3.63) is 114 Å². The third kappa shape index (κ3) is 5.37. The van der Waals surface area contributed by atoms with Gasteiger partial charge in [0, 0.05) is 34.8 Å². The molecular weight excluding hydrogens is 430 g/mol. The van der Waals surface area contributed by atoms with Gasteiger partial charge in [-0.3, -0.25) is 0 Å². The Hall–Kier alpha value is -3.66. The molecule has 1 atom stereocenters. The van der Waals surface area contributed by atoms with Crippen LogP contribution in [0.2, 0.25) is 0 Å². The first-order chi connectivity index (χ1) is 16.4. The predicted octanol–water partition coefficient (Wildman–Crippen LogP) is 6.83. The van der Waals surface area contributed by atoms with Crippen LogP contribution >= 0.6 is 0 Å². The molecule has 4 nitrogen and oxygen atoms in total. The highest BCUT2D eigenvalue weighted by Crippen LogP contribution is 2.46. The lowest BCUT2D eigenvalue weighted by Crippen LogP contribution is -2.45. The van der Waals surface area contributed by atoms with Gasteiger partial charge >= 0.3 is 0 Å². The van der Waals surface area contributed by atoms with E-state index in [0.29, 0.717) is 5.82 Å². The molecule has 1 aromatic rings. The van der Waals surface area contributed by atoms with Crippen molar-refractivity contribution >= 4 is 11.3 Å². The van der Waals surface area contributed by atoms with Gasteiger partial charge in [-0.25, -0.2) is 0 Å². The van der Waals surface area contributed by atoms with Crippen LogP contribution in [0.15, 0.2) is 97.2 Å². The fraction of sp³-hybridized carbons (Fsp3) is 0.290. The highest BCUT2D eigenvalue weighted by Gasteiger charge is 2.38. The topological polar surface area (TPSA) is 50.5 Å². The molecule has 1 unspecified atom stereocenters. The Bertz CT molecular complexity index is 1210. The van der Waals surface area contributed by atoms with Gasteiger partial charge in [-0.2, -0.15) is 0 Å². The number of fused-ring (bicyclic) bond motifs is 3. The van der Waals surface area contributed by atoms with Gasteiger partial charge in [0.25, 0.3) is 0 Å². The molecule has 0 spiro atoms. The van der Waals surface area contributed by atoms with Crippen molar-refractivity contribution in [1.29, 1.82) is 0 Å². The van der Waals surface area contributed by atoms with Crippen LogP contribution in [0.25, 0.3) is 11.3 Å². The van der Waals surface area contributed by atoms with Gasteiger partial charge in [-0.05, 0) is 77.8 Å². The normalized spacial score (nSPS) is 18.2. The van der Waals surface area contributed by atoms with Crippen LogP contribution in [-0.2, 0) is 6.42 Å². The summed E-state index contributed by atoms with van der Waals surface area (Å²) in [4.78, 5) is 2.40. The van der Waals surface area contributed by atoms with E-state index >= 15 is 0 Å². The SMILES string of the molecule is C=C/C(=C\C=C(/N)NC(=C)C)c1cc2c(cc1OC)C1=CC(=C)C(C(=C)C)=CN1C(C(C)(C)C)C2. The first-order valence-electron chi connectivity index (χ1n) is 11.9. The summed E-state index contributed by atoms with van der Waals surface area (Å²) in [6.45, 7) is 27.1. The molecule has 0 fully saturated rings. The van der Waals surface area contributed by atoms with Gasteiger partial charge in [0.1, 0.15) is 11.6 Å². The van der Waals surface area contributed by atoms with E-state index in [1.165, 1.54) is 5.56 Å². The lowest BCUT2D eigenvalue weighted by molar-refractivity contribution is 0.189. The second kappa shape index (κ2) is 9.91. The molecule has 0 radical (unpaired) electrons. The fourth-order valence-corrected chi connectivity index (χ4v) is 4.66. The van der Waals surface area contributed by atoms with Gasteiger partial charge in [0.15, 0.2) is 0 Å².